The number of hydrogen-bond acceptors (Lipinski definition) is 2. The number of carbonyl (C=O) groups is 1. The largest absolute Gasteiger partial charge is 0.478 e. The molecule has 0 fully saturated rings. The Morgan fingerprint density at radius 1 is 1.20 bits per heavy atom. The molecule has 88 valence electrons. The lowest BCUT2D eigenvalue weighted by molar-refractivity contribution is -0.131. The molecule has 0 spiro atoms. The standard InChI is InChI=1S/C12H22O3/c1-11(13)9-7-5-3-2-4-6-8-10-12(14)15/h8,10-11,13H,2-7,9H2,1H3,(H,14,15)/b10-8+/t11-/m1/s1. The van der Waals surface area contributed by atoms with Gasteiger partial charge in [0.2, 0.25) is 0 Å². The normalized spacial score (nSPS) is 13.2. The van der Waals surface area contributed by atoms with Gasteiger partial charge in [0.25, 0.3) is 0 Å². The summed E-state index contributed by atoms with van der Waals surface area (Å²) in [5.41, 5.74) is 0. The summed E-state index contributed by atoms with van der Waals surface area (Å²) < 4.78 is 0. The van der Waals surface area contributed by atoms with Gasteiger partial charge in [-0.1, -0.05) is 31.8 Å². The highest BCUT2D eigenvalue weighted by Crippen LogP contribution is 2.08. The molecule has 3 heteroatoms. The van der Waals surface area contributed by atoms with Gasteiger partial charge in [-0.15, -0.1) is 0 Å². The molecule has 3 nitrogen and oxygen atoms in total. The number of unbranched alkanes of at least 4 members (excludes halogenated alkanes) is 5. The molecule has 0 aliphatic heterocycles. The van der Waals surface area contributed by atoms with E-state index in [1.807, 2.05) is 6.92 Å². The van der Waals surface area contributed by atoms with Crippen LogP contribution < -0.4 is 0 Å². The fraction of sp³-hybridized carbons (Fsp3) is 0.750. The SMILES string of the molecule is C[C@@H](O)CCCCCCC/C=C/C(=O)O. The number of hydrogen-bond donors (Lipinski definition) is 2. The van der Waals surface area contributed by atoms with Gasteiger partial charge < -0.3 is 10.2 Å². The highest BCUT2D eigenvalue weighted by atomic mass is 16.4. The van der Waals surface area contributed by atoms with E-state index in [0.717, 1.165) is 38.5 Å². The minimum Gasteiger partial charge on any atom is -0.478 e. The van der Waals surface area contributed by atoms with Crippen LogP contribution in [-0.2, 0) is 4.79 Å². The first kappa shape index (κ1) is 14.2. The number of allylic oxidation sites excluding steroid dienone is 1. The third-order valence-corrected chi connectivity index (χ3v) is 2.25. The summed E-state index contributed by atoms with van der Waals surface area (Å²) in [4.78, 5) is 10.1. The van der Waals surface area contributed by atoms with Crippen molar-refractivity contribution in [3.8, 4) is 0 Å². The van der Waals surface area contributed by atoms with Crippen LogP contribution >= 0.6 is 0 Å². The maximum absolute atomic E-state index is 10.1. The van der Waals surface area contributed by atoms with E-state index < -0.39 is 5.97 Å². The van der Waals surface area contributed by atoms with Crippen LogP contribution in [0.5, 0.6) is 0 Å². The summed E-state index contributed by atoms with van der Waals surface area (Å²) in [6.07, 6.45) is 10.1. The first-order valence-electron chi connectivity index (χ1n) is 5.70. The average Bonchev–Trinajstić information content (AvgIpc) is 2.14. The van der Waals surface area contributed by atoms with Gasteiger partial charge in [0.05, 0.1) is 6.10 Å². The molecule has 0 saturated heterocycles. The first-order valence-corrected chi connectivity index (χ1v) is 5.70. The zero-order chi connectivity index (χ0) is 11.5. The molecule has 0 aromatic rings. The van der Waals surface area contributed by atoms with Crippen molar-refractivity contribution in [2.75, 3.05) is 0 Å². The van der Waals surface area contributed by atoms with Gasteiger partial charge >= 0.3 is 5.97 Å². The summed E-state index contributed by atoms with van der Waals surface area (Å²) in [7, 11) is 0. The van der Waals surface area contributed by atoms with Crippen molar-refractivity contribution in [3.63, 3.8) is 0 Å². The highest BCUT2D eigenvalue weighted by Gasteiger charge is 1.95. The van der Waals surface area contributed by atoms with Crippen molar-refractivity contribution in [1.29, 1.82) is 0 Å². The van der Waals surface area contributed by atoms with Crippen molar-refractivity contribution in [3.05, 3.63) is 12.2 Å². The fourth-order valence-corrected chi connectivity index (χ4v) is 1.42. The Kier molecular flexibility index (Phi) is 9.18. The number of aliphatic hydroxyl groups excluding tert-OH is 1. The molecule has 0 rings (SSSR count). The molecule has 0 radical (unpaired) electrons. The molecular weight excluding hydrogens is 192 g/mol. The zero-order valence-corrected chi connectivity index (χ0v) is 9.48. The maximum Gasteiger partial charge on any atom is 0.327 e. The van der Waals surface area contributed by atoms with E-state index in [1.165, 1.54) is 12.5 Å². The number of rotatable bonds is 9. The second-order valence-electron chi connectivity index (χ2n) is 3.93. The molecule has 0 aromatic carbocycles. The van der Waals surface area contributed by atoms with Crippen molar-refractivity contribution in [2.24, 2.45) is 0 Å². The van der Waals surface area contributed by atoms with Crippen LogP contribution in [0.1, 0.15) is 51.9 Å². The van der Waals surface area contributed by atoms with E-state index in [0.29, 0.717) is 0 Å². The molecule has 0 aliphatic rings. The van der Waals surface area contributed by atoms with E-state index in [2.05, 4.69) is 0 Å². The lowest BCUT2D eigenvalue weighted by Crippen LogP contribution is -1.98. The third-order valence-electron chi connectivity index (χ3n) is 2.25. The maximum atomic E-state index is 10.1. The molecule has 0 bridgehead atoms. The van der Waals surface area contributed by atoms with Crippen LogP contribution in [0.2, 0.25) is 0 Å². The lowest BCUT2D eigenvalue weighted by atomic mass is 10.1. The van der Waals surface area contributed by atoms with E-state index in [4.69, 9.17) is 10.2 Å². The quantitative estimate of drug-likeness (QED) is 0.458. The predicted octanol–water partition coefficient (Wildman–Crippen LogP) is 2.74. The fourth-order valence-electron chi connectivity index (χ4n) is 1.42. The average molecular weight is 214 g/mol. The summed E-state index contributed by atoms with van der Waals surface area (Å²) in [6.45, 7) is 1.82. The molecule has 0 aliphatic carbocycles. The Balaban J connectivity index is 3.08. The third kappa shape index (κ3) is 13.2. The van der Waals surface area contributed by atoms with Crippen LogP contribution in [0.15, 0.2) is 12.2 Å². The molecule has 0 aromatic heterocycles. The summed E-state index contributed by atoms with van der Waals surface area (Å²) in [5.74, 6) is -0.869. The van der Waals surface area contributed by atoms with Crippen LogP contribution in [0, 0.1) is 0 Å². The smallest absolute Gasteiger partial charge is 0.327 e. The molecule has 1 atom stereocenters. The zero-order valence-electron chi connectivity index (χ0n) is 9.48. The Hall–Kier alpha value is -0.830. The van der Waals surface area contributed by atoms with Crippen LogP contribution in [0.25, 0.3) is 0 Å². The molecule has 15 heavy (non-hydrogen) atoms. The highest BCUT2D eigenvalue weighted by molar-refractivity contribution is 5.79. The van der Waals surface area contributed by atoms with Gasteiger partial charge in [-0.05, 0) is 26.2 Å². The van der Waals surface area contributed by atoms with Crippen LogP contribution in [-0.4, -0.2) is 22.3 Å². The number of aliphatic carboxylic acids is 1. The predicted molar refractivity (Wildman–Crippen MR) is 60.8 cm³/mol. The second kappa shape index (κ2) is 9.71. The van der Waals surface area contributed by atoms with Crippen LogP contribution in [0.4, 0.5) is 0 Å². The Bertz CT molecular complexity index is 185. The number of carboxylic acid groups (broad SMARTS) is 1. The van der Waals surface area contributed by atoms with Gasteiger partial charge in [0, 0.05) is 6.08 Å². The van der Waals surface area contributed by atoms with Crippen molar-refractivity contribution in [2.45, 2.75) is 58.0 Å². The van der Waals surface area contributed by atoms with Crippen molar-refractivity contribution >= 4 is 5.97 Å². The molecule has 0 amide bonds. The number of carboxylic acids is 1. The monoisotopic (exact) mass is 214 g/mol. The van der Waals surface area contributed by atoms with Crippen molar-refractivity contribution < 1.29 is 15.0 Å². The minimum absolute atomic E-state index is 0.177. The first-order chi connectivity index (χ1) is 7.13. The van der Waals surface area contributed by atoms with Gasteiger partial charge in [0.1, 0.15) is 0 Å². The summed E-state index contributed by atoms with van der Waals surface area (Å²) >= 11 is 0. The lowest BCUT2D eigenvalue weighted by Gasteiger charge is -2.02. The summed E-state index contributed by atoms with van der Waals surface area (Å²) in [5, 5.41) is 17.3. The van der Waals surface area contributed by atoms with Crippen LogP contribution in [0.3, 0.4) is 0 Å². The molecule has 2 N–H and O–H groups in total. The van der Waals surface area contributed by atoms with Gasteiger partial charge in [-0.3, -0.25) is 0 Å². The van der Waals surface area contributed by atoms with Gasteiger partial charge in [-0.25, -0.2) is 4.79 Å². The molecular formula is C12H22O3. The van der Waals surface area contributed by atoms with E-state index in [-0.39, 0.29) is 6.10 Å². The molecule has 0 saturated carbocycles. The van der Waals surface area contributed by atoms with E-state index in [1.54, 1.807) is 6.08 Å². The Labute approximate surface area is 91.8 Å². The number of aliphatic hydroxyl groups is 1. The topological polar surface area (TPSA) is 57.5 Å². The van der Waals surface area contributed by atoms with Crippen molar-refractivity contribution in [1.82, 2.24) is 0 Å². The Morgan fingerprint density at radius 3 is 2.40 bits per heavy atom. The molecule has 0 unspecified atom stereocenters. The summed E-state index contributed by atoms with van der Waals surface area (Å²) in [6, 6.07) is 0. The van der Waals surface area contributed by atoms with Gasteiger partial charge in [-0.2, -0.15) is 0 Å². The van der Waals surface area contributed by atoms with E-state index >= 15 is 0 Å². The van der Waals surface area contributed by atoms with Gasteiger partial charge in [0.15, 0.2) is 0 Å². The second-order valence-corrected chi connectivity index (χ2v) is 3.93. The molecule has 0 heterocycles. The Morgan fingerprint density at radius 2 is 1.80 bits per heavy atom. The van der Waals surface area contributed by atoms with E-state index in [9.17, 15) is 4.79 Å². The minimum atomic E-state index is -0.869.